The minimum absolute atomic E-state index is 0.740. The van der Waals surface area contributed by atoms with E-state index in [4.69, 9.17) is 0 Å². The minimum Gasteiger partial charge on any atom is -0.314 e. The molecule has 17 heavy (non-hydrogen) atoms. The lowest BCUT2D eigenvalue weighted by Crippen LogP contribution is -2.52. The zero-order valence-electron chi connectivity index (χ0n) is 11.0. The van der Waals surface area contributed by atoms with Crippen LogP contribution >= 0.6 is 11.3 Å². The Morgan fingerprint density at radius 3 is 3.12 bits per heavy atom. The number of nitrogens with one attached hydrogen (secondary N) is 1. The van der Waals surface area contributed by atoms with E-state index in [2.05, 4.69) is 41.6 Å². The summed E-state index contributed by atoms with van der Waals surface area (Å²) in [4.78, 5) is 4.20. The van der Waals surface area contributed by atoms with Gasteiger partial charge in [0, 0.05) is 37.1 Å². The van der Waals surface area contributed by atoms with Gasteiger partial charge in [-0.3, -0.25) is 4.90 Å². The molecular formula is C14H24N2S. The number of nitrogens with zero attached hydrogens (tertiary/aromatic N) is 1. The van der Waals surface area contributed by atoms with Crippen molar-refractivity contribution in [3.8, 4) is 0 Å². The van der Waals surface area contributed by atoms with Crippen molar-refractivity contribution in [2.75, 3.05) is 26.2 Å². The van der Waals surface area contributed by atoms with Crippen LogP contribution in [0.1, 0.15) is 25.1 Å². The van der Waals surface area contributed by atoms with Crippen molar-refractivity contribution < 1.29 is 0 Å². The number of hydrogen-bond donors (Lipinski definition) is 1. The summed E-state index contributed by atoms with van der Waals surface area (Å²) in [7, 11) is 0. The van der Waals surface area contributed by atoms with E-state index in [1.807, 2.05) is 11.3 Å². The Labute approximate surface area is 109 Å². The molecule has 3 heteroatoms. The van der Waals surface area contributed by atoms with Crippen LogP contribution in [0.5, 0.6) is 0 Å². The molecule has 1 fully saturated rings. The highest BCUT2D eigenvalue weighted by atomic mass is 32.1. The summed E-state index contributed by atoms with van der Waals surface area (Å²) in [6.07, 6.45) is 2.53. The molecule has 1 N–H and O–H groups in total. The molecule has 1 aliphatic heterocycles. The van der Waals surface area contributed by atoms with Gasteiger partial charge in [0.1, 0.15) is 0 Å². The van der Waals surface area contributed by atoms with Crippen molar-refractivity contribution in [3.63, 3.8) is 0 Å². The molecule has 2 nitrogen and oxygen atoms in total. The first-order valence-corrected chi connectivity index (χ1v) is 7.61. The number of hydrogen-bond acceptors (Lipinski definition) is 3. The number of rotatable bonds is 5. The van der Waals surface area contributed by atoms with Gasteiger partial charge in [-0.05, 0) is 30.2 Å². The van der Waals surface area contributed by atoms with Gasteiger partial charge in [-0.15, -0.1) is 11.3 Å². The first-order chi connectivity index (χ1) is 8.25. The van der Waals surface area contributed by atoms with Gasteiger partial charge >= 0.3 is 0 Å². The lowest BCUT2D eigenvalue weighted by molar-refractivity contribution is 0.144. The average molecular weight is 252 g/mol. The zero-order valence-corrected chi connectivity index (χ0v) is 11.8. The van der Waals surface area contributed by atoms with Gasteiger partial charge in [0.2, 0.25) is 0 Å². The molecule has 1 atom stereocenters. The molecule has 1 saturated heterocycles. The van der Waals surface area contributed by atoms with E-state index in [0.717, 1.165) is 18.5 Å². The predicted octanol–water partition coefficient (Wildman–Crippen LogP) is 2.61. The van der Waals surface area contributed by atoms with E-state index in [0.29, 0.717) is 0 Å². The summed E-state index contributed by atoms with van der Waals surface area (Å²) in [5, 5.41) is 5.70. The Morgan fingerprint density at radius 1 is 1.53 bits per heavy atom. The summed E-state index contributed by atoms with van der Waals surface area (Å²) in [5.74, 6) is 0.795. The van der Waals surface area contributed by atoms with Crippen molar-refractivity contribution in [2.24, 2.45) is 5.92 Å². The molecule has 1 aromatic rings. The number of thiophene rings is 1. The molecule has 0 amide bonds. The topological polar surface area (TPSA) is 15.3 Å². The second-order valence-electron chi connectivity index (χ2n) is 5.35. The van der Waals surface area contributed by atoms with Crippen LogP contribution in [0.3, 0.4) is 0 Å². The van der Waals surface area contributed by atoms with E-state index in [-0.39, 0.29) is 0 Å². The Bertz CT molecular complexity index is 308. The van der Waals surface area contributed by atoms with E-state index in [1.54, 1.807) is 0 Å². The summed E-state index contributed by atoms with van der Waals surface area (Å²) in [6.45, 7) is 9.40. The summed E-state index contributed by atoms with van der Waals surface area (Å²) in [6, 6.07) is 5.15. The Hall–Kier alpha value is -0.380. The van der Waals surface area contributed by atoms with E-state index in [9.17, 15) is 0 Å². The maximum Gasteiger partial charge on any atom is 0.0223 e. The van der Waals surface area contributed by atoms with Crippen molar-refractivity contribution >= 4 is 11.3 Å². The van der Waals surface area contributed by atoms with Gasteiger partial charge in [-0.25, -0.2) is 0 Å². The smallest absolute Gasteiger partial charge is 0.0223 e. The first kappa shape index (κ1) is 13.1. The average Bonchev–Trinajstić information content (AvgIpc) is 2.80. The third-order valence-electron chi connectivity index (χ3n) is 3.44. The molecule has 2 heterocycles. The van der Waals surface area contributed by atoms with Crippen LogP contribution in [0.15, 0.2) is 17.5 Å². The van der Waals surface area contributed by atoms with Crippen LogP contribution in [0.4, 0.5) is 0 Å². The Morgan fingerprint density at radius 2 is 2.41 bits per heavy atom. The molecule has 0 aliphatic carbocycles. The lowest BCUT2D eigenvalue weighted by atomic mass is 10.0. The SMILES string of the molecule is CC(C)CC1CNCCN1CCc1cccs1. The predicted molar refractivity (Wildman–Crippen MR) is 75.7 cm³/mol. The summed E-state index contributed by atoms with van der Waals surface area (Å²) < 4.78 is 0. The van der Waals surface area contributed by atoms with Crippen molar-refractivity contribution in [1.29, 1.82) is 0 Å². The van der Waals surface area contributed by atoms with Crippen LogP contribution in [0.2, 0.25) is 0 Å². The standard InChI is InChI=1S/C14H24N2S/c1-12(2)10-13-11-15-6-8-16(13)7-5-14-4-3-9-17-14/h3-4,9,12-13,15H,5-8,10-11H2,1-2H3. The highest BCUT2D eigenvalue weighted by molar-refractivity contribution is 7.09. The highest BCUT2D eigenvalue weighted by Crippen LogP contribution is 2.15. The van der Waals surface area contributed by atoms with Gasteiger partial charge in [0.05, 0.1) is 0 Å². The quantitative estimate of drug-likeness (QED) is 0.866. The molecule has 0 spiro atoms. The normalized spacial score (nSPS) is 22.2. The maximum atomic E-state index is 3.52. The van der Waals surface area contributed by atoms with Gasteiger partial charge in [-0.2, -0.15) is 0 Å². The Balaban J connectivity index is 1.83. The van der Waals surface area contributed by atoms with E-state index >= 15 is 0 Å². The van der Waals surface area contributed by atoms with Gasteiger partial charge < -0.3 is 5.32 Å². The second kappa shape index (κ2) is 6.53. The van der Waals surface area contributed by atoms with Crippen LogP contribution < -0.4 is 5.32 Å². The molecular weight excluding hydrogens is 228 g/mol. The van der Waals surface area contributed by atoms with Crippen LogP contribution in [-0.4, -0.2) is 37.1 Å². The van der Waals surface area contributed by atoms with E-state index < -0.39 is 0 Å². The molecule has 0 aromatic carbocycles. The maximum absolute atomic E-state index is 3.52. The monoisotopic (exact) mass is 252 g/mol. The highest BCUT2D eigenvalue weighted by Gasteiger charge is 2.22. The van der Waals surface area contributed by atoms with Crippen molar-refractivity contribution in [1.82, 2.24) is 10.2 Å². The third kappa shape index (κ3) is 4.09. The van der Waals surface area contributed by atoms with Crippen LogP contribution in [0.25, 0.3) is 0 Å². The molecule has 0 radical (unpaired) electrons. The molecule has 1 aliphatic rings. The fourth-order valence-corrected chi connectivity index (χ4v) is 3.28. The number of piperazine rings is 1. The molecule has 96 valence electrons. The van der Waals surface area contributed by atoms with Gasteiger partial charge in [0.25, 0.3) is 0 Å². The van der Waals surface area contributed by atoms with E-state index in [1.165, 1.54) is 37.4 Å². The van der Waals surface area contributed by atoms with Crippen LogP contribution in [-0.2, 0) is 6.42 Å². The van der Waals surface area contributed by atoms with Crippen molar-refractivity contribution in [2.45, 2.75) is 32.7 Å². The largest absolute Gasteiger partial charge is 0.314 e. The van der Waals surface area contributed by atoms with Crippen molar-refractivity contribution in [3.05, 3.63) is 22.4 Å². The van der Waals surface area contributed by atoms with Crippen LogP contribution in [0, 0.1) is 5.92 Å². The molecule has 1 aromatic heterocycles. The zero-order chi connectivity index (χ0) is 12.1. The molecule has 2 rings (SSSR count). The molecule has 1 unspecified atom stereocenters. The summed E-state index contributed by atoms with van der Waals surface area (Å²) >= 11 is 1.88. The fraction of sp³-hybridized carbons (Fsp3) is 0.714. The van der Waals surface area contributed by atoms with Gasteiger partial charge in [0.15, 0.2) is 0 Å². The molecule has 0 bridgehead atoms. The minimum atomic E-state index is 0.740. The molecule has 0 saturated carbocycles. The first-order valence-electron chi connectivity index (χ1n) is 6.73. The van der Waals surface area contributed by atoms with Gasteiger partial charge in [-0.1, -0.05) is 19.9 Å². The third-order valence-corrected chi connectivity index (χ3v) is 4.38. The second-order valence-corrected chi connectivity index (χ2v) is 6.39. The fourth-order valence-electron chi connectivity index (χ4n) is 2.58. The summed E-state index contributed by atoms with van der Waals surface area (Å²) in [5.41, 5.74) is 0. The lowest BCUT2D eigenvalue weighted by Gasteiger charge is -2.37. The Kier molecular flexibility index (Phi) is 5.01.